The molecule has 92 valence electrons. The fourth-order valence-electron chi connectivity index (χ4n) is 1.46. The Hall–Kier alpha value is -1.96. The van der Waals surface area contributed by atoms with Crippen molar-refractivity contribution in [2.75, 3.05) is 7.05 Å². The number of aromatic amines is 1. The van der Waals surface area contributed by atoms with Gasteiger partial charge in [0, 0.05) is 13.2 Å². The normalized spacial score (nSPS) is 26.1. The van der Waals surface area contributed by atoms with Crippen LogP contribution in [0.1, 0.15) is 17.8 Å². The Bertz CT molecular complexity index is 466. The molecule has 2 heterocycles. The van der Waals surface area contributed by atoms with E-state index in [1.165, 1.54) is 6.07 Å². The van der Waals surface area contributed by atoms with Gasteiger partial charge < -0.3 is 16.4 Å². The monoisotopic (exact) mass is 242 g/mol. The van der Waals surface area contributed by atoms with Crippen molar-refractivity contribution in [3.05, 3.63) is 29.7 Å². The molecule has 17 heavy (non-hydrogen) atoms. The van der Waals surface area contributed by atoms with Crippen LogP contribution in [0.2, 0.25) is 0 Å². The van der Waals surface area contributed by atoms with E-state index in [9.17, 15) is 8.78 Å². The van der Waals surface area contributed by atoms with Gasteiger partial charge >= 0.3 is 0 Å². The zero-order valence-corrected chi connectivity index (χ0v) is 9.04. The van der Waals surface area contributed by atoms with Crippen molar-refractivity contribution in [2.45, 2.75) is 12.1 Å². The lowest BCUT2D eigenvalue weighted by Crippen LogP contribution is -2.57. The molecular formula is C9H12F2N6. The number of H-pyrrole nitrogens is 1. The highest BCUT2D eigenvalue weighted by atomic mass is 19.3. The van der Waals surface area contributed by atoms with E-state index >= 15 is 0 Å². The zero-order valence-electron chi connectivity index (χ0n) is 9.04. The van der Waals surface area contributed by atoms with Gasteiger partial charge in [0.05, 0.1) is 0 Å². The number of hydrogen-bond acceptors (Lipinski definition) is 3. The van der Waals surface area contributed by atoms with Crippen molar-refractivity contribution >= 4 is 5.96 Å². The van der Waals surface area contributed by atoms with Gasteiger partial charge in [-0.25, -0.2) is 8.78 Å². The zero-order chi connectivity index (χ0) is 12.5. The summed E-state index contributed by atoms with van der Waals surface area (Å²) in [7, 11) is 1.57. The maximum atomic E-state index is 12.4. The van der Waals surface area contributed by atoms with Gasteiger partial charge in [0.1, 0.15) is 11.4 Å². The number of aliphatic imine (C=N–C) groups is 1. The van der Waals surface area contributed by atoms with Crippen LogP contribution in [0, 0.1) is 0 Å². The summed E-state index contributed by atoms with van der Waals surface area (Å²) in [6, 6.07) is 1.22. The minimum absolute atomic E-state index is 0.270. The second-order valence-electron chi connectivity index (χ2n) is 3.55. The number of aromatic nitrogens is 2. The number of hydrogen-bond donors (Lipinski definition) is 4. The topological polar surface area (TPSA) is 91.1 Å². The van der Waals surface area contributed by atoms with Crippen LogP contribution < -0.4 is 16.4 Å². The molecule has 1 unspecified atom stereocenters. The Morgan fingerprint density at radius 2 is 2.29 bits per heavy atom. The highest BCUT2D eigenvalue weighted by Crippen LogP contribution is 2.22. The molecule has 1 aliphatic rings. The summed E-state index contributed by atoms with van der Waals surface area (Å²) in [5, 5.41) is 11.7. The maximum Gasteiger partial charge on any atom is 0.279 e. The van der Waals surface area contributed by atoms with E-state index < -0.39 is 12.1 Å². The molecule has 0 radical (unpaired) electrons. The molecular weight excluding hydrogens is 230 g/mol. The van der Waals surface area contributed by atoms with Crippen LogP contribution in [-0.2, 0) is 5.66 Å². The standard InChI is InChI=1S/C9H12F2N6/c1-13-8-14-3-2-9(12,15-8)6-4-5(7(10)11)16-17-6/h2-4,7H,12H2,1H3,(H,16,17)(H2,13,14,15). The molecule has 1 aromatic rings. The van der Waals surface area contributed by atoms with E-state index in [4.69, 9.17) is 5.73 Å². The van der Waals surface area contributed by atoms with Gasteiger partial charge in [0.25, 0.3) is 6.43 Å². The Morgan fingerprint density at radius 3 is 2.88 bits per heavy atom. The van der Waals surface area contributed by atoms with Crippen LogP contribution in [0.3, 0.4) is 0 Å². The molecule has 1 atom stereocenters. The van der Waals surface area contributed by atoms with Gasteiger partial charge in [-0.3, -0.25) is 10.1 Å². The van der Waals surface area contributed by atoms with E-state index in [0.717, 1.165) is 0 Å². The van der Waals surface area contributed by atoms with E-state index in [-0.39, 0.29) is 11.4 Å². The average Bonchev–Trinajstić information content (AvgIpc) is 2.79. The largest absolute Gasteiger partial charge is 0.333 e. The molecule has 2 rings (SSSR count). The Kier molecular flexibility index (Phi) is 2.80. The van der Waals surface area contributed by atoms with Crippen molar-refractivity contribution in [1.29, 1.82) is 0 Å². The Labute approximate surface area is 96.0 Å². The smallest absolute Gasteiger partial charge is 0.279 e. The molecule has 6 nitrogen and oxygen atoms in total. The summed E-state index contributed by atoms with van der Waals surface area (Å²) in [4.78, 5) is 3.89. The second-order valence-corrected chi connectivity index (χ2v) is 3.55. The molecule has 0 amide bonds. The Balaban J connectivity index is 2.31. The summed E-state index contributed by atoms with van der Waals surface area (Å²) in [5.41, 5.74) is 4.86. The molecule has 0 aliphatic carbocycles. The molecule has 8 heteroatoms. The number of alkyl halides is 2. The molecule has 0 spiro atoms. The number of guanidine groups is 1. The van der Waals surface area contributed by atoms with E-state index in [1.54, 1.807) is 19.3 Å². The summed E-state index contributed by atoms with van der Waals surface area (Å²) in [6.45, 7) is 0. The first-order valence-electron chi connectivity index (χ1n) is 4.87. The van der Waals surface area contributed by atoms with Gasteiger partial charge in [0.15, 0.2) is 11.6 Å². The molecule has 0 aromatic carbocycles. The lowest BCUT2D eigenvalue weighted by molar-refractivity contribution is 0.146. The van der Waals surface area contributed by atoms with Crippen LogP contribution in [0.25, 0.3) is 0 Å². The number of nitrogens with two attached hydrogens (primary N) is 1. The van der Waals surface area contributed by atoms with Gasteiger partial charge in [-0.2, -0.15) is 5.10 Å². The van der Waals surface area contributed by atoms with Crippen molar-refractivity contribution in [3.8, 4) is 0 Å². The first kappa shape index (κ1) is 11.5. The fourth-order valence-corrected chi connectivity index (χ4v) is 1.46. The highest BCUT2D eigenvalue weighted by Gasteiger charge is 2.31. The Morgan fingerprint density at radius 1 is 1.53 bits per heavy atom. The molecule has 0 saturated carbocycles. The quantitative estimate of drug-likeness (QED) is 0.594. The lowest BCUT2D eigenvalue weighted by atomic mass is 10.1. The summed E-state index contributed by atoms with van der Waals surface area (Å²) >= 11 is 0. The van der Waals surface area contributed by atoms with Crippen LogP contribution >= 0.6 is 0 Å². The fraction of sp³-hybridized carbons (Fsp3) is 0.333. The van der Waals surface area contributed by atoms with Crippen LogP contribution in [0.15, 0.2) is 23.3 Å². The third-order valence-electron chi connectivity index (χ3n) is 2.37. The third-order valence-corrected chi connectivity index (χ3v) is 2.37. The number of nitrogens with one attached hydrogen (secondary N) is 3. The molecule has 0 fully saturated rings. The minimum Gasteiger partial charge on any atom is -0.333 e. The van der Waals surface area contributed by atoms with E-state index in [2.05, 4.69) is 25.8 Å². The predicted molar refractivity (Wildman–Crippen MR) is 58.2 cm³/mol. The minimum atomic E-state index is -2.61. The van der Waals surface area contributed by atoms with Crippen LogP contribution in [0.5, 0.6) is 0 Å². The molecule has 0 saturated heterocycles. The second kappa shape index (κ2) is 4.13. The van der Waals surface area contributed by atoms with Gasteiger partial charge in [-0.1, -0.05) is 0 Å². The van der Waals surface area contributed by atoms with Gasteiger partial charge in [-0.15, -0.1) is 0 Å². The number of halogens is 2. The highest BCUT2D eigenvalue weighted by molar-refractivity contribution is 5.82. The first-order valence-corrected chi connectivity index (χ1v) is 4.87. The van der Waals surface area contributed by atoms with Gasteiger partial charge in [-0.05, 0) is 12.1 Å². The molecule has 1 aliphatic heterocycles. The van der Waals surface area contributed by atoms with Crippen molar-refractivity contribution < 1.29 is 8.78 Å². The SMILES string of the molecule is CN=C1NC=CC(N)(c2cc(C(F)F)[nH]n2)N1. The third kappa shape index (κ3) is 2.11. The number of nitrogens with zero attached hydrogens (tertiary/aromatic N) is 2. The van der Waals surface area contributed by atoms with Crippen LogP contribution in [0.4, 0.5) is 8.78 Å². The lowest BCUT2D eigenvalue weighted by Gasteiger charge is -2.30. The van der Waals surface area contributed by atoms with E-state index in [0.29, 0.717) is 5.96 Å². The van der Waals surface area contributed by atoms with Gasteiger partial charge in [0.2, 0.25) is 0 Å². The summed E-state index contributed by atoms with van der Waals surface area (Å²) < 4.78 is 24.9. The van der Waals surface area contributed by atoms with Crippen molar-refractivity contribution in [1.82, 2.24) is 20.8 Å². The predicted octanol–water partition coefficient (Wildman–Crippen LogP) is 0.151. The molecule has 5 N–H and O–H groups in total. The van der Waals surface area contributed by atoms with Crippen molar-refractivity contribution in [2.24, 2.45) is 10.7 Å². The summed E-state index contributed by atoms with van der Waals surface area (Å²) in [6.07, 6.45) is 0.549. The first-order chi connectivity index (χ1) is 8.05. The maximum absolute atomic E-state index is 12.4. The molecule has 1 aromatic heterocycles. The summed E-state index contributed by atoms with van der Waals surface area (Å²) in [5.74, 6) is 0.441. The van der Waals surface area contributed by atoms with Crippen LogP contribution in [-0.4, -0.2) is 23.2 Å². The van der Waals surface area contributed by atoms with E-state index in [1.807, 2.05) is 0 Å². The van der Waals surface area contributed by atoms with Crippen molar-refractivity contribution in [3.63, 3.8) is 0 Å². The molecule has 0 bridgehead atoms. The number of rotatable bonds is 2. The average molecular weight is 242 g/mol.